The standard InChI is InChI=1S/C11H13BrN2O2/c12-8-1-3-9(4-2-8)14-6-5-13-11(16)10(14)7-15/h1-4,10,15H,5-7H2,(H,13,16). The normalized spacial score (nSPS) is 20.8. The van der Waals surface area contributed by atoms with Crippen LogP contribution in [0.1, 0.15) is 0 Å². The van der Waals surface area contributed by atoms with Gasteiger partial charge in [0, 0.05) is 23.2 Å². The number of hydrogen-bond donors (Lipinski definition) is 2. The zero-order valence-corrected chi connectivity index (χ0v) is 10.3. The van der Waals surface area contributed by atoms with Crippen LogP contribution < -0.4 is 10.2 Å². The molecule has 0 aliphatic carbocycles. The van der Waals surface area contributed by atoms with Crippen LogP contribution >= 0.6 is 15.9 Å². The van der Waals surface area contributed by atoms with Crippen LogP contribution in [0.3, 0.4) is 0 Å². The first-order chi connectivity index (χ1) is 7.72. The maximum atomic E-state index is 11.6. The molecule has 1 atom stereocenters. The molecule has 16 heavy (non-hydrogen) atoms. The second-order valence-electron chi connectivity index (χ2n) is 3.66. The molecule has 1 saturated heterocycles. The largest absolute Gasteiger partial charge is 0.394 e. The molecule has 2 rings (SSSR count). The number of amides is 1. The van der Waals surface area contributed by atoms with Crippen molar-refractivity contribution in [1.29, 1.82) is 0 Å². The molecule has 1 aromatic rings. The Morgan fingerprint density at radius 1 is 1.44 bits per heavy atom. The highest BCUT2D eigenvalue weighted by molar-refractivity contribution is 9.10. The van der Waals surface area contributed by atoms with Crippen molar-refractivity contribution in [3.05, 3.63) is 28.7 Å². The summed E-state index contributed by atoms with van der Waals surface area (Å²) in [7, 11) is 0. The zero-order chi connectivity index (χ0) is 11.5. The molecule has 1 aliphatic rings. The molecule has 0 spiro atoms. The van der Waals surface area contributed by atoms with Gasteiger partial charge in [-0.05, 0) is 24.3 Å². The van der Waals surface area contributed by atoms with Crippen molar-refractivity contribution in [2.24, 2.45) is 0 Å². The topological polar surface area (TPSA) is 52.6 Å². The first kappa shape index (κ1) is 11.4. The average molecular weight is 285 g/mol. The molecule has 4 nitrogen and oxygen atoms in total. The first-order valence-corrected chi connectivity index (χ1v) is 5.92. The molecule has 0 aromatic heterocycles. The lowest BCUT2D eigenvalue weighted by Gasteiger charge is -2.35. The van der Waals surface area contributed by atoms with Gasteiger partial charge in [-0.15, -0.1) is 0 Å². The summed E-state index contributed by atoms with van der Waals surface area (Å²) in [5.41, 5.74) is 0.956. The summed E-state index contributed by atoms with van der Waals surface area (Å²) in [6.07, 6.45) is 0. The summed E-state index contributed by atoms with van der Waals surface area (Å²) >= 11 is 3.37. The lowest BCUT2D eigenvalue weighted by Crippen LogP contribution is -2.57. The van der Waals surface area contributed by atoms with E-state index in [2.05, 4.69) is 21.2 Å². The minimum atomic E-state index is -0.477. The Balaban J connectivity index is 2.24. The molecule has 1 aliphatic heterocycles. The minimum Gasteiger partial charge on any atom is -0.394 e. The maximum absolute atomic E-state index is 11.6. The fourth-order valence-corrected chi connectivity index (χ4v) is 2.10. The Morgan fingerprint density at radius 2 is 2.12 bits per heavy atom. The molecule has 1 heterocycles. The van der Waals surface area contributed by atoms with Crippen molar-refractivity contribution >= 4 is 27.5 Å². The van der Waals surface area contributed by atoms with Crippen LogP contribution in [0.25, 0.3) is 0 Å². The van der Waals surface area contributed by atoms with Gasteiger partial charge in [-0.25, -0.2) is 0 Å². The van der Waals surface area contributed by atoms with Gasteiger partial charge in [-0.2, -0.15) is 0 Å². The number of aliphatic hydroxyl groups excluding tert-OH is 1. The Hall–Kier alpha value is -1.07. The second-order valence-corrected chi connectivity index (χ2v) is 4.57. The van der Waals surface area contributed by atoms with Gasteiger partial charge < -0.3 is 15.3 Å². The number of piperazine rings is 1. The van der Waals surface area contributed by atoms with Gasteiger partial charge in [-0.3, -0.25) is 4.79 Å². The SMILES string of the molecule is O=C1NCCN(c2ccc(Br)cc2)C1CO. The lowest BCUT2D eigenvalue weighted by molar-refractivity contribution is -0.124. The molecule has 5 heteroatoms. The summed E-state index contributed by atoms with van der Waals surface area (Å²) in [5.74, 6) is -0.114. The molecular formula is C11H13BrN2O2. The van der Waals surface area contributed by atoms with Crippen molar-refractivity contribution < 1.29 is 9.90 Å². The monoisotopic (exact) mass is 284 g/mol. The predicted octanol–water partition coefficient (Wildman–Crippen LogP) is 0.746. The molecule has 0 bridgehead atoms. The van der Waals surface area contributed by atoms with Gasteiger partial charge >= 0.3 is 0 Å². The van der Waals surface area contributed by atoms with Gasteiger partial charge in [0.1, 0.15) is 6.04 Å². The smallest absolute Gasteiger partial charge is 0.245 e. The maximum Gasteiger partial charge on any atom is 0.245 e. The van der Waals surface area contributed by atoms with Gasteiger partial charge in [0.2, 0.25) is 5.91 Å². The quantitative estimate of drug-likeness (QED) is 0.843. The van der Waals surface area contributed by atoms with Gasteiger partial charge in [0.05, 0.1) is 6.61 Å². The van der Waals surface area contributed by atoms with Gasteiger partial charge in [0.15, 0.2) is 0 Å². The van der Waals surface area contributed by atoms with E-state index in [9.17, 15) is 9.90 Å². The van der Waals surface area contributed by atoms with E-state index >= 15 is 0 Å². The fraction of sp³-hybridized carbons (Fsp3) is 0.364. The molecule has 1 amide bonds. The number of aliphatic hydroxyl groups is 1. The van der Waals surface area contributed by atoms with Crippen LogP contribution in [-0.4, -0.2) is 36.8 Å². The summed E-state index contributed by atoms with van der Waals surface area (Å²) in [5, 5.41) is 12.0. The van der Waals surface area contributed by atoms with E-state index in [-0.39, 0.29) is 12.5 Å². The molecular weight excluding hydrogens is 272 g/mol. The molecule has 0 radical (unpaired) electrons. The molecule has 86 valence electrons. The van der Waals surface area contributed by atoms with E-state index in [1.54, 1.807) is 0 Å². The molecule has 0 saturated carbocycles. The number of hydrogen-bond acceptors (Lipinski definition) is 3. The Morgan fingerprint density at radius 3 is 2.75 bits per heavy atom. The Bertz CT molecular complexity index is 380. The molecule has 1 fully saturated rings. The van der Waals surface area contributed by atoms with Crippen molar-refractivity contribution in [3.63, 3.8) is 0 Å². The highest BCUT2D eigenvalue weighted by Crippen LogP contribution is 2.21. The second kappa shape index (κ2) is 4.84. The molecule has 2 N–H and O–H groups in total. The molecule has 1 unspecified atom stereocenters. The minimum absolute atomic E-state index is 0.114. The number of benzene rings is 1. The van der Waals surface area contributed by atoms with E-state index in [0.29, 0.717) is 6.54 Å². The Kier molecular flexibility index (Phi) is 3.46. The van der Waals surface area contributed by atoms with E-state index in [1.807, 2.05) is 29.2 Å². The van der Waals surface area contributed by atoms with Gasteiger partial charge in [-0.1, -0.05) is 15.9 Å². The van der Waals surface area contributed by atoms with Crippen LogP contribution in [0, 0.1) is 0 Å². The number of rotatable bonds is 2. The summed E-state index contributed by atoms with van der Waals surface area (Å²) in [6.45, 7) is 1.17. The third-order valence-corrected chi connectivity index (χ3v) is 3.19. The molecule has 1 aromatic carbocycles. The van der Waals surface area contributed by atoms with Crippen molar-refractivity contribution in [3.8, 4) is 0 Å². The lowest BCUT2D eigenvalue weighted by atomic mass is 10.1. The van der Waals surface area contributed by atoms with E-state index in [0.717, 1.165) is 16.7 Å². The van der Waals surface area contributed by atoms with Crippen LogP contribution in [0.15, 0.2) is 28.7 Å². The van der Waals surface area contributed by atoms with Crippen LogP contribution in [-0.2, 0) is 4.79 Å². The first-order valence-electron chi connectivity index (χ1n) is 5.13. The third kappa shape index (κ3) is 2.20. The summed E-state index contributed by atoms with van der Waals surface area (Å²) in [4.78, 5) is 13.5. The highest BCUT2D eigenvalue weighted by atomic mass is 79.9. The van der Waals surface area contributed by atoms with E-state index in [1.165, 1.54) is 0 Å². The van der Waals surface area contributed by atoms with Crippen LogP contribution in [0.4, 0.5) is 5.69 Å². The number of carbonyl (C=O) groups is 1. The number of nitrogens with one attached hydrogen (secondary N) is 1. The highest BCUT2D eigenvalue weighted by Gasteiger charge is 2.28. The number of anilines is 1. The predicted molar refractivity (Wildman–Crippen MR) is 65.4 cm³/mol. The summed E-state index contributed by atoms with van der Waals surface area (Å²) < 4.78 is 0.998. The van der Waals surface area contributed by atoms with Gasteiger partial charge in [0.25, 0.3) is 0 Å². The van der Waals surface area contributed by atoms with E-state index in [4.69, 9.17) is 0 Å². The summed E-state index contributed by atoms with van der Waals surface area (Å²) in [6, 6.07) is 7.25. The van der Waals surface area contributed by atoms with Crippen LogP contribution in [0.2, 0.25) is 0 Å². The number of carbonyl (C=O) groups excluding carboxylic acids is 1. The number of nitrogens with zero attached hydrogens (tertiary/aromatic N) is 1. The van der Waals surface area contributed by atoms with E-state index < -0.39 is 6.04 Å². The van der Waals surface area contributed by atoms with Crippen molar-refractivity contribution in [1.82, 2.24) is 5.32 Å². The average Bonchev–Trinajstić information content (AvgIpc) is 2.30. The van der Waals surface area contributed by atoms with Crippen molar-refractivity contribution in [2.75, 3.05) is 24.6 Å². The fourth-order valence-electron chi connectivity index (χ4n) is 1.84. The zero-order valence-electron chi connectivity index (χ0n) is 8.69. The van der Waals surface area contributed by atoms with Crippen LogP contribution in [0.5, 0.6) is 0 Å². The third-order valence-electron chi connectivity index (χ3n) is 2.66. The number of halogens is 1. The van der Waals surface area contributed by atoms with Crippen molar-refractivity contribution in [2.45, 2.75) is 6.04 Å². The Labute approximate surface area is 102 Å².